The lowest BCUT2D eigenvalue weighted by Crippen LogP contribution is -2.36. The molecule has 1 atom stereocenters. The van der Waals surface area contributed by atoms with Crippen LogP contribution in [0.3, 0.4) is 0 Å². The van der Waals surface area contributed by atoms with Crippen LogP contribution in [0.15, 0.2) is 47.4 Å². The molecule has 28 heavy (non-hydrogen) atoms. The van der Waals surface area contributed by atoms with Gasteiger partial charge in [-0.25, -0.2) is 12.8 Å². The zero-order chi connectivity index (χ0) is 19.9. The Morgan fingerprint density at radius 3 is 2.71 bits per heavy atom. The summed E-state index contributed by atoms with van der Waals surface area (Å²) < 4.78 is 47.8. The molecule has 0 spiro atoms. The van der Waals surface area contributed by atoms with E-state index in [0.717, 1.165) is 0 Å². The van der Waals surface area contributed by atoms with Crippen molar-refractivity contribution >= 4 is 21.6 Å². The predicted molar refractivity (Wildman–Crippen MR) is 102 cm³/mol. The average molecular weight is 404 g/mol. The Kier molecular flexibility index (Phi) is 4.84. The molecule has 4 rings (SSSR count). The third kappa shape index (κ3) is 3.16. The minimum Gasteiger partial charge on any atom is -0.489 e. The maximum atomic E-state index is 14.3. The predicted octanol–water partition coefficient (Wildman–Crippen LogP) is 3.10. The average Bonchev–Trinajstić information content (AvgIpc) is 3.17. The molecule has 0 aromatic heterocycles. The second kappa shape index (κ2) is 7.18. The first-order valence-electron chi connectivity index (χ1n) is 9.21. The minimum absolute atomic E-state index is 0.0832. The quantitative estimate of drug-likeness (QED) is 0.789. The number of nitrogens with zero attached hydrogens (tertiary/aromatic N) is 2. The Bertz CT molecular complexity index is 1020. The van der Waals surface area contributed by atoms with E-state index in [-0.39, 0.29) is 10.8 Å². The van der Waals surface area contributed by atoms with Gasteiger partial charge in [0.15, 0.2) is 0 Å². The van der Waals surface area contributed by atoms with E-state index in [4.69, 9.17) is 4.74 Å². The van der Waals surface area contributed by atoms with E-state index in [1.165, 1.54) is 29.4 Å². The van der Waals surface area contributed by atoms with Gasteiger partial charge in [0, 0.05) is 25.1 Å². The minimum atomic E-state index is -3.84. The van der Waals surface area contributed by atoms with E-state index in [0.29, 0.717) is 49.5 Å². The summed E-state index contributed by atoms with van der Waals surface area (Å²) in [6.45, 7) is 2.52. The molecule has 2 aliphatic heterocycles. The highest BCUT2D eigenvalue weighted by Crippen LogP contribution is 2.40. The maximum Gasteiger partial charge on any atom is 0.243 e. The van der Waals surface area contributed by atoms with Gasteiger partial charge in [0.05, 0.1) is 23.2 Å². The van der Waals surface area contributed by atoms with Crippen molar-refractivity contribution in [3.63, 3.8) is 0 Å². The normalized spacial score (nSPS) is 19.9. The summed E-state index contributed by atoms with van der Waals surface area (Å²) in [6, 6.07) is 10.3. The van der Waals surface area contributed by atoms with Gasteiger partial charge in [0.25, 0.3) is 0 Å². The van der Waals surface area contributed by atoms with Gasteiger partial charge in [0.2, 0.25) is 15.9 Å². The first kappa shape index (κ1) is 18.9. The molecular weight excluding hydrogens is 383 g/mol. The standard InChI is InChI=1S/C20H21FN2O4S/c1-14(24)22-11-12-27-20-13-15(8-9-19(20)22)28(25,26)23-10-4-7-18(23)16-5-2-3-6-17(16)21/h2-3,5-6,8-9,13,18H,4,7,10-12H2,1H3. The number of carbonyl (C=O) groups excluding carboxylic acids is 1. The molecule has 0 radical (unpaired) electrons. The number of benzene rings is 2. The smallest absolute Gasteiger partial charge is 0.243 e. The molecule has 1 unspecified atom stereocenters. The van der Waals surface area contributed by atoms with Gasteiger partial charge >= 0.3 is 0 Å². The van der Waals surface area contributed by atoms with Gasteiger partial charge in [-0.15, -0.1) is 0 Å². The van der Waals surface area contributed by atoms with Gasteiger partial charge < -0.3 is 9.64 Å². The van der Waals surface area contributed by atoms with Crippen LogP contribution in [0, 0.1) is 5.82 Å². The van der Waals surface area contributed by atoms with Crippen LogP contribution in [0.4, 0.5) is 10.1 Å². The largest absolute Gasteiger partial charge is 0.489 e. The highest BCUT2D eigenvalue weighted by molar-refractivity contribution is 7.89. The number of hydrogen-bond donors (Lipinski definition) is 0. The SMILES string of the molecule is CC(=O)N1CCOc2cc(S(=O)(=O)N3CCCC3c3ccccc3F)ccc21. The van der Waals surface area contributed by atoms with Crippen molar-refractivity contribution in [3.05, 3.63) is 53.8 Å². The van der Waals surface area contributed by atoms with E-state index in [9.17, 15) is 17.6 Å². The molecule has 8 heteroatoms. The molecule has 2 aliphatic rings. The molecule has 0 saturated carbocycles. The number of sulfonamides is 1. The number of amides is 1. The number of rotatable bonds is 3. The van der Waals surface area contributed by atoms with E-state index in [2.05, 4.69) is 0 Å². The van der Waals surface area contributed by atoms with E-state index < -0.39 is 21.9 Å². The summed E-state index contributed by atoms with van der Waals surface area (Å²) in [4.78, 5) is 13.4. The highest BCUT2D eigenvalue weighted by Gasteiger charge is 2.38. The van der Waals surface area contributed by atoms with Crippen LogP contribution >= 0.6 is 0 Å². The number of fused-ring (bicyclic) bond motifs is 1. The van der Waals surface area contributed by atoms with Crippen molar-refractivity contribution in [2.75, 3.05) is 24.6 Å². The van der Waals surface area contributed by atoms with Crippen LogP contribution < -0.4 is 9.64 Å². The lowest BCUT2D eigenvalue weighted by atomic mass is 10.1. The molecule has 2 aromatic carbocycles. The molecule has 2 heterocycles. The number of ether oxygens (including phenoxy) is 1. The molecule has 0 bridgehead atoms. The number of halogens is 1. The van der Waals surface area contributed by atoms with Crippen molar-refractivity contribution in [1.29, 1.82) is 0 Å². The van der Waals surface area contributed by atoms with Crippen molar-refractivity contribution in [2.24, 2.45) is 0 Å². The molecule has 0 aliphatic carbocycles. The lowest BCUT2D eigenvalue weighted by Gasteiger charge is -2.30. The van der Waals surface area contributed by atoms with Crippen LogP contribution in [0.1, 0.15) is 31.4 Å². The van der Waals surface area contributed by atoms with Crippen LogP contribution in [0.25, 0.3) is 0 Å². The van der Waals surface area contributed by atoms with E-state index in [1.807, 2.05) is 0 Å². The fraction of sp³-hybridized carbons (Fsp3) is 0.350. The zero-order valence-electron chi connectivity index (χ0n) is 15.5. The Labute approximate surface area is 163 Å². The number of anilines is 1. The molecular formula is C20H21FN2O4S. The zero-order valence-corrected chi connectivity index (χ0v) is 16.3. The summed E-state index contributed by atoms with van der Waals surface area (Å²) in [7, 11) is -3.84. The van der Waals surface area contributed by atoms with E-state index >= 15 is 0 Å². The fourth-order valence-electron chi connectivity index (χ4n) is 3.91. The van der Waals surface area contributed by atoms with Crippen LogP contribution in [0.2, 0.25) is 0 Å². The summed E-state index contributed by atoms with van der Waals surface area (Å²) in [5.41, 5.74) is 0.949. The van der Waals surface area contributed by atoms with Gasteiger partial charge in [0.1, 0.15) is 18.2 Å². The fourth-order valence-corrected chi connectivity index (χ4v) is 5.60. The molecule has 1 fully saturated rings. The van der Waals surface area contributed by atoms with Gasteiger partial charge in [-0.1, -0.05) is 18.2 Å². The topological polar surface area (TPSA) is 66.9 Å². The lowest BCUT2D eigenvalue weighted by molar-refractivity contribution is -0.116. The Morgan fingerprint density at radius 2 is 1.96 bits per heavy atom. The molecule has 148 valence electrons. The molecule has 1 saturated heterocycles. The third-order valence-corrected chi connectivity index (χ3v) is 7.15. The molecule has 1 amide bonds. The molecule has 6 nitrogen and oxygen atoms in total. The maximum absolute atomic E-state index is 14.3. The summed E-state index contributed by atoms with van der Waals surface area (Å²) >= 11 is 0. The van der Waals surface area contributed by atoms with Crippen molar-refractivity contribution < 1.29 is 22.3 Å². The third-order valence-electron chi connectivity index (χ3n) is 5.25. The second-order valence-corrected chi connectivity index (χ2v) is 8.83. The second-order valence-electron chi connectivity index (χ2n) is 6.94. The van der Waals surface area contributed by atoms with Gasteiger partial charge in [-0.3, -0.25) is 4.79 Å². The van der Waals surface area contributed by atoms with E-state index in [1.54, 1.807) is 29.2 Å². The molecule has 2 aromatic rings. The summed E-state index contributed by atoms with van der Waals surface area (Å²) in [5.74, 6) is -0.163. The first-order valence-corrected chi connectivity index (χ1v) is 10.6. The number of hydrogen-bond acceptors (Lipinski definition) is 4. The van der Waals surface area contributed by atoms with Crippen molar-refractivity contribution in [3.8, 4) is 5.75 Å². The van der Waals surface area contributed by atoms with Gasteiger partial charge in [-0.05, 0) is 31.0 Å². The monoisotopic (exact) mass is 404 g/mol. The Morgan fingerprint density at radius 1 is 1.18 bits per heavy atom. The highest BCUT2D eigenvalue weighted by atomic mass is 32.2. The summed E-state index contributed by atoms with van der Waals surface area (Å²) in [5, 5.41) is 0. The van der Waals surface area contributed by atoms with Crippen molar-refractivity contribution in [2.45, 2.75) is 30.7 Å². The van der Waals surface area contributed by atoms with Crippen LogP contribution in [-0.2, 0) is 14.8 Å². The molecule has 0 N–H and O–H groups in total. The summed E-state index contributed by atoms with van der Waals surface area (Å²) in [6.07, 6.45) is 1.23. The first-order chi connectivity index (χ1) is 13.4. The Balaban J connectivity index is 1.70. The van der Waals surface area contributed by atoms with Crippen LogP contribution in [-0.4, -0.2) is 38.3 Å². The van der Waals surface area contributed by atoms with Gasteiger partial charge in [-0.2, -0.15) is 4.31 Å². The van der Waals surface area contributed by atoms with Crippen LogP contribution in [0.5, 0.6) is 5.75 Å². The number of carbonyl (C=O) groups is 1. The Hall–Kier alpha value is -2.45. The van der Waals surface area contributed by atoms with Crippen molar-refractivity contribution in [1.82, 2.24) is 4.31 Å².